The Kier molecular flexibility index (Phi) is 6.56. The predicted octanol–water partition coefficient (Wildman–Crippen LogP) is 5.20. The van der Waals surface area contributed by atoms with Gasteiger partial charge in [-0.15, -0.1) is 0 Å². The van der Waals surface area contributed by atoms with Crippen molar-refractivity contribution >= 4 is 23.0 Å². The highest BCUT2D eigenvalue weighted by Crippen LogP contribution is 2.39. The van der Waals surface area contributed by atoms with Crippen LogP contribution < -0.4 is 0 Å². The van der Waals surface area contributed by atoms with Crippen LogP contribution in [0.2, 0.25) is 0 Å². The fraction of sp³-hybridized carbons (Fsp3) is 0.407. The lowest BCUT2D eigenvalue weighted by Crippen LogP contribution is -2.27. The molecule has 6 heteroatoms. The molecule has 2 aromatic carbocycles. The molecule has 1 aliphatic rings. The smallest absolute Gasteiger partial charge is 0.419 e. The molecule has 1 aliphatic heterocycles. The Labute approximate surface area is 195 Å². The molecule has 3 aromatic rings. The minimum absolute atomic E-state index is 0.0821. The third-order valence-corrected chi connectivity index (χ3v) is 5.97. The lowest BCUT2D eigenvalue weighted by molar-refractivity contribution is -0.148. The van der Waals surface area contributed by atoms with E-state index in [1.54, 1.807) is 4.57 Å². The summed E-state index contributed by atoms with van der Waals surface area (Å²) in [7, 11) is 0. The highest BCUT2D eigenvalue weighted by atomic mass is 16.6. The second kappa shape index (κ2) is 9.40. The van der Waals surface area contributed by atoms with E-state index in [0.717, 1.165) is 23.0 Å². The second-order valence-electron chi connectivity index (χ2n) is 9.60. The quantitative estimate of drug-likeness (QED) is 0.502. The minimum atomic E-state index is -0.601. The van der Waals surface area contributed by atoms with E-state index in [4.69, 9.17) is 9.47 Å². The Morgan fingerprint density at radius 1 is 1.00 bits per heavy atom. The average molecular weight is 449 g/mol. The maximum atomic E-state index is 13.0. The molecule has 1 fully saturated rings. The molecule has 0 bridgehead atoms. The third kappa shape index (κ3) is 5.11. The van der Waals surface area contributed by atoms with Crippen LogP contribution >= 0.6 is 0 Å². The topological polar surface area (TPSA) is 60.8 Å². The fourth-order valence-corrected chi connectivity index (χ4v) is 4.62. The van der Waals surface area contributed by atoms with Gasteiger partial charge in [-0.3, -0.25) is 14.3 Å². The fourth-order valence-electron chi connectivity index (χ4n) is 4.62. The first kappa shape index (κ1) is 23.1. The SMILES string of the molecule is CCOC(=O)C1CN(Cc2ccccc2)CC1c1cn(C(=O)OC(C)(C)C)c2ccccc12. The number of para-hydroxylation sites is 1. The molecule has 0 N–H and O–H groups in total. The molecule has 1 saturated heterocycles. The van der Waals surface area contributed by atoms with E-state index in [-0.39, 0.29) is 17.8 Å². The zero-order valence-electron chi connectivity index (χ0n) is 19.8. The number of fused-ring (bicyclic) bond motifs is 1. The molecule has 2 heterocycles. The van der Waals surface area contributed by atoms with Gasteiger partial charge in [0.15, 0.2) is 0 Å². The number of nitrogens with zero attached hydrogens (tertiary/aromatic N) is 2. The molecular weight excluding hydrogens is 416 g/mol. The first-order chi connectivity index (χ1) is 15.8. The van der Waals surface area contributed by atoms with E-state index in [1.165, 1.54) is 5.56 Å². The van der Waals surface area contributed by atoms with Crippen molar-refractivity contribution in [3.8, 4) is 0 Å². The molecule has 174 valence electrons. The molecule has 4 rings (SSSR count). The van der Waals surface area contributed by atoms with Gasteiger partial charge < -0.3 is 9.47 Å². The molecule has 0 radical (unpaired) electrons. The van der Waals surface area contributed by atoms with Crippen LogP contribution in [0.15, 0.2) is 60.8 Å². The molecule has 0 aliphatic carbocycles. The van der Waals surface area contributed by atoms with E-state index < -0.39 is 11.7 Å². The highest BCUT2D eigenvalue weighted by Gasteiger charge is 2.41. The maximum absolute atomic E-state index is 13.0. The van der Waals surface area contributed by atoms with E-state index >= 15 is 0 Å². The van der Waals surface area contributed by atoms with Gasteiger partial charge in [-0.25, -0.2) is 4.79 Å². The summed E-state index contributed by atoms with van der Waals surface area (Å²) in [5, 5.41) is 0.962. The van der Waals surface area contributed by atoms with Crippen LogP contribution in [0.3, 0.4) is 0 Å². The van der Waals surface area contributed by atoms with E-state index in [1.807, 2.05) is 76.4 Å². The molecular formula is C27H32N2O4. The molecule has 33 heavy (non-hydrogen) atoms. The van der Waals surface area contributed by atoms with Crippen LogP contribution in [-0.4, -0.2) is 46.8 Å². The predicted molar refractivity (Wildman–Crippen MR) is 128 cm³/mol. The standard InChI is InChI=1S/C27H32N2O4/c1-5-32-25(30)23-17-28(15-19-11-7-6-8-12-19)16-21(23)22-18-29(26(31)33-27(2,3)4)24-14-10-9-13-20(22)24/h6-14,18,21,23H,5,15-17H2,1-4H3. The van der Waals surface area contributed by atoms with E-state index in [0.29, 0.717) is 19.7 Å². The number of carbonyl (C=O) groups excluding carboxylic acids is 2. The van der Waals surface area contributed by atoms with Crippen molar-refractivity contribution in [1.82, 2.24) is 9.47 Å². The van der Waals surface area contributed by atoms with Gasteiger partial charge in [0.05, 0.1) is 18.0 Å². The van der Waals surface area contributed by atoms with Crippen molar-refractivity contribution in [1.29, 1.82) is 0 Å². The Hall–Kier alpha value is -3.12. The Bertz CT molecular complexity index is 1130. The first-order valence-electron chi connectivity index (χ1n) is 11.5. The van der Waals surface area contributed by atoms with Gasteiger partial charge >= 0.3 is 12.1 Å². The molecule has 0 spiro atoms. The van der Waals surface area contributed by atoms with Crippen LogP contribution in [0.1, 0.15) is 44.7 Å². The van der Waals surface area contributed by atoms with Gasteiger partial charge in [-0.1, -0.05) is 48.5 Å². The molecule has 6 nitrogen and oxygen atoms in total. The number of ether oxygens (including phenoxy) is 2. The van der Waals surface area contributed by atoms with Gasteiger partial charge in [0, 0.05) is 37.1 Å². The van der Waals surface area contributed by atoms with Crippen molar-refractivity contribution < 1.29 is 19.1 Å². The van der Waals surface area contributed by atoms with Crippen LogP contribution in [-0.2, 0) is 20.8 Å². The average Bonchev–Trinajstić information content (AvgIpc) is 3.35. The van der Waals surface area contributed by atoms with Gasteiger partial charge in [-0.05, 0) is 44.9 Å². The number of benzene rings is 2. The molecule has 2 atom stereocenters. The number of likely N-dealkylation sites (tertiary alicyclic amines) is 1. The number of hydrogen-bond acceptors (Lipinski definition) is 5. The van der Waals surface area contributed by atoms with Gasteiger partial charge in [0.1, 0.15) is 5.60 Å². The summed E-state index contributed by atoms with van der Waals surface area (Å²) in [6.45, 7) is 9.83. The van der Waals surface area contributed by atoms with Gasteiger partial charge in [0.25, 0.3) is 0 Å². The number of hydrogen-bond donors (Lipinski definition) is 0. The van der Waals surface area contributed by atoms with Crippen LogP contribution in [0.25, 0.3) is 10.9 Å². The number of carbonyl (C=O) groups is 2. The van der Waals surface area contributed by atoms with Crippen molar-refractivity contribution in [3.63, 3.8) is 0 Å². The van der Waals surface area contributed by atoms with Gasteiger partial charge in [0.2, 0.25) is 0 Å². The van der Waals surface area contributed by atoms with Crippen LogP contribution in [0.4, 0.5) is 4.79 Å². The zero-order chi connectivity index (χ0) is 23.6. The summed E-state index contributed by atoms with van der Waals surface area (Å²) < 4.78 is 12.7. The zero-order valence-corrected chi connectivity index (χ0v) is 19.8. The summed E-state index contributed by atoms with van der Waals surface area (Å²) in [6, 6.07) is 18.0. The van der Waals surface area contributed by atoms with E-state index in [9.17, 15) is 9.59 Å². The van der Waals surface area contributed by atoms with Crippen molar-refractivity contribution in [3.05, 3.63) is 71.9 Å². The van der Waals surface area contributed by atoms with Crippen molar-refractivity contribution in [2.45, 2.75) is 45.8 Å². The van der Waals surface area contributed by atoms with Crippen molar-refractivity contribution in [2.75, 3.05) is 19.7 Å². The number of aromatic nitrogens is 1. The van der Waals surface area contributed by atoms with Crippen molar-refractivity contribution in [2.24, 2.45) is 5.92 Å². The maximum Gasteiger partial charge on any atom is 0.419 e. The molecule has 1 aromatic heterocycles. The summed E-state index contributed by atoms with van der Waals surface area (Å²) in [5.41, 5.74) is 2.36. The minimum Gasteiger partial charge on any atom is -0.466 e. The molecule has 0 saturated carbocycles. The first-order valence-corrected chi connectivity index (χ1v) is 11.5. The van der Waals surface area contributed by atoms with Crippen LogP contribution in [0.5, 0.6) is 0 Å². The summed E-state index contributed by atoms with van der Waals surface area (Å²) in [4.78, 5) is 28.2. The normalized spacial score (nSPS) is 19.0. The monoisotopic (exact) mass is 448 g/mol. The Balaban J connectivity index is 1.71. The molecule has 2 unspecified atom stereocenters. The van der Waals surface area contributed by atoms with Crippen LogP contribution in [0, 0.1) is 5.92 Å². The molecule has 0 amide bonds. The van der Waals surface area contributed by atoms with E-state index in [2.05, 4.69) is 17.0 Å². The Morgan fingerprint density at radius 2 is 1.70 bits per heavy atom. The second-order valence-corrected chi connectivity index (χ2v) is 9.60. The largest absolute Gasteiger partial charge is 0.466 e. The summed E-state index contributed by atoms with van der Waals surface area (Å²) in [5.74, 6) is -0.569. The number of esters is 1. The third-order valence-electron chi connectivity index (χ3n) is 5.97. The lowest BCUT2D eigenvalue weighted by Gasteiger charge is -2.20. The summed E-state index contributed by atoms with van der Waals surface area (Å²) in [6.07, 6.45) is 1.43. The lowest BCUT2D eigenvalue weighted by atomic mass is 9.89. The van der Waals surface area contributed by atoms with Gasteiger partial charge in [-0.2, -0.15) is 0 Å². The Morgan fingerprint density at radius 3 is 2.39 bits per heavy atom. The highest BCUT2D eigenvalue weighted by molar-refractivity contribution is 5.93. The summed E-state index contributed by atoms with van der Waals surface area (Å²) >= 11 is 0. The number of rotatable bonds is 5.